The zero-order chi connectivity index (χ0) is 15.4. The molecule has 0 saturated carbocycles. The van der Waals surface area contributed by atoms with Crippen molar-refractivity contribution in [2.75, 3.05) is 19.7 Å². The van der Waals surface area contributed by atoms with Crippen molar-refractivity contribution in [3.8, 4) is 11.8 Å². The molecule has 5 heteroatoms. The molecule has 0 radical (unpaired) electrons. The Morgan fingerprint density at radius 2 is 2.14 bits per heavy atom. The van der Waals surface area contributed by atoms with Crippen LogP contribution in [0, 0.1) is 18.8 Å². The van der Waals surface area contributed by atoms with Gasteiger partial charge in [0.25, 0.3) is 5.91 Å². The van der Waals surface area contributed by atoms with Gasteiger partial charge in [-0.2, -0.15) is 0 Å². The highest BCUT2D eigenvalue weighted by atomic mass is 32.1. The third-order valence-electron chi connectivity index (χ3n) is 3.27. The van der Waals surface area contributed by atoms with Crippen molar-refractivity contribution in [3.05, 3.63) is 21.4 Å². The number of aliphatic hydroxyl groups excluding tert-OH is 1. The first-order valence-corrected chi connectivity index (χ1v) is 7.97. The number of ether oxygens (including phenoxy) is 1. The molecular weight excluding hydrogens is 286 g/mol. The number of hydrogen-bond acceptors (Lipinski definition) is 4. The lowest BCUT2D eigenvalue weighted by atomic mass is 10.2. The molecule has 1 aromatic rings. The van der Waals surface area contributed by atoms with Gasteiger partial charge in [-0.15, -0.1) is 11.3 Å². The molecule has 21 heavy (non-hydrogen) atoms. The monoisotopic (exact) mass is 307 g/mol. The number of morpholine rings is 1. The van der Waals surface area contributed by atoms with E-state index in [1.54, 1.807) is 0 Å². The molecule has 0 unspecified atom stereocenters. The molecule has 2 atom stereocenters. The first-order chi connectivity index (χ1) is 10.0. The third-order valence-corrected chi connectivity index (χ3v) is 4.41. The number of carbonyl (C=O) groups excluding carboxylic acids is 1. The van der Waals surface area contributed by atoms with Gasteiger partial charge in [-0.25, -0.2) is 0 Å². The van der Waals surface area contributed by atoms with Gasteiger partial charge in [-0.05, 0) is 32.4 Å². The zero-order valence-corrected chi connectivity index (χ0v) is 13.5. The van der Waals surface area contributed by atoms with Crippen molar-refractivity contribution in [1.82, 2.24) is 4.90 Å². The van der Waals surface area contributed by atoms with Crippen molar-refractivity contribution < 1.29 is 14.6 Å². The van der Waals surface area contributed by atoms with Crippen LogP contribution in [0.15, 0.2) is 6.07 Å². The summed E-state index contributed by atoms with van der Waals surface area (Å²) in [5.41, 5.74) is 1.02. The maximum Gasteiger partial charge on any atom is 0.264 e. The molecule has 114 valence electrons. The molecule has 1 fully saturated rings. The van der Waals surface area contributed by atoms with Crippen LogP contribution < -0.4 is 0 Å². The molecule has 1 amide bonds. The number of hydrogen-bond donors (Lipinski definition) is 1. The Morgan fingerprint density at radius 1 is 1.48 bits per heavy atom. The number of aliphatic hydroxyl groups is 1. The van der Waals surface area contributed by atoms with Crippen molar-refractivity contribution in [2.45, 2.75) is 39.4 Å². The van der Waals surface area contributed by atoms with Crippen LogP contribution in [0.25, 0.3) is 0 Å². The highest BCUT2D eigenvalue weighted by Gasteiger charge is 2.27. The molecule has 4 nitrogen and oxygen atoms in total. The van der Waals surface area contributed by atoms with E-state index < -0.39 is 0 Å². The maximum atomic E-state index is 12.6. The minimum Gasteiger partial charge on any atom is -0.395 e. The Kier molecular flexibility index (Phi) is 5.40. The molecular formula is C16H21NO3S. The minimum absolute atomic E-state index is 0.0558. The summed E-state index contributed by atoms with van der Waals surface area (Å²) in [6.07, 6.45) is 0.601. The predicted octanol–water partition coefficient (Wildman–Crippen LogP) is 2.04. The summed E-state index contributed by atoms with van der Waals surface area (Å²) in [5.74, 6) is 5.98. The highest BCUT2D eigenvalue weighted by Crippen LogP contribution is 2.24. The molecule has 0 bridgehead atoms. The lowest BCUT2D eigenvalue weighted by Gasteiger charge is -2.35. The van der Waals surface area contributed by atoms with E-state index in [1.165, 1.54) is 11.3 Å². The number of amides is 1. The third kappa shape index (κ3) is 4.07. The second-order valence-electron chi connectivity index (χ2n) is 5.37. The SMILES string of the molecule is Cc1cc(C(=O)N2C[C@@H](C)O[C@@H](C)C2)sc1C#CCCO. The van der Waals surface area contributed by atoms with Crippen LogP contribution in [-0.4, -0.2) is 47.8 Å². The minimum atomic E-state index is 0.0558. The van der Waals surface area contributed by atoms with E-state index in [0.29, 0.717) is 19.5 Å². The van der Waals surface area contributed by atoms with Crippen LogP contribution in [0.5, 0.6) is 0 Å². The number of thiophene rings is 1. The van der Waals surface area contributed by atoms with Gasteiger partial charge >= 0.3 is 0 Å². The first kappa shape index (κ1) is 16.0. The molecule has 1 aliphatic rings. The largest absolute Gasteiger partial charge is 0.395 e. The number of carbonyl (C=O) groups is 1. The Balaban J connectivity index is 2.13. The van der Waals surface area contributed by atoms with Crippen LogP contribution in [0.1, 0.15) is 40.4 Å². The van der Waals surface area contributed by atoms with E-state index in [0.717, 1.165) is 15.3 Å². The summed E-state index contributed by atoms with van der Waals surface area (Å²) < 4.78 is 5.66. The zero-order valence-electron chi connectivity index (χ0n) is 12.7. The van der Waals surface area contributed by atoms with Crippen molar-refractivity contribution in [2.24, 2.45) is 0 Å². The fraction of sp³-hybridized carbons (Fsp3) is 0.562. The second-order valence-corrected chi connectivity index (χ2v) is 6.42. The molecule has 1 saturated heterocycles. The normalized spacial score (nSPS) is 21.8. The van der Waals surface area contributed by atoms with E-state index >= 15 is 0 Å². The standard InChI is InChI=1S/C16H21NO3S/c1-11-8-15(21-14(11)6-4-5-7-18)16(19)17-9-12(2)20-13(3)10-17/h8,12-13,18H,5,7,9-10H2,1-3H3/t12-,13+. The Morgan fingerprint density at radius 3 is 2.76 bits per heavy atom. The second kappa shape index (κ2) is 7.08. The Labute approximate surface area is 129 Å². The van der Waals surface area contributed by atoms with Crippen LogP contribution in [-0.2, 0) is 4.74 Å². The van der Waals surface area contributed by atoms with Crippen molar-refractivity contribution in [3.63, 3.8) is 0 Å². The fourth-order valence-corrected chi connectivity index (χ4v) is 3.42. The van der Waals surface area contributed by atoms with E-state index in [-0.39, 0.29) is 24.7 Å². The van der Waals surface area contributed by atoms with Gasteiger partial charge in [0, 0.05) is 19.5 Å². The highest BCUT2D eigenvalue weighted by molar-refractivity contribution is 7.14. The number of aryl methyl sites for hydroxylation is 1. The van der Waals surface area contributed by atoms with Crippen LogP contribution in [0.2, 0.25) is 0 Å². The molecule has 1 N–H and O–H groups in total. The van der Waals surface area contributed by atoms with Gasteiger partial charge in [0.1, 0.15) is 0 Å². The summed E-state index contributed by atoms with van der Waals surface area (Å²) in [6.45, 7) is 7.26. The first-order valence-electron chi connectivity index (χ1n) is 7.16. The van der Waals surface area contributed by atoms with Gasteiger partial charge in [-0.1, -0.05) is 11.8 Å². The predicted molar refractivity (Wildman–Crippen MR) is 83.5 cm³/mol. The lowest BCUT2D eigenvalue weighted by Crippen LogP contribution is -2.48. The summed E-state index contributed by atoms with van der Waals surface area (Å²) in [5, 5.41) is 8.76. The average Bonchev–Trinajstić information content (AvgIpc) is 2.79. The molecule has 2 rings (SSSR count). The van der Waals surface area contributed by atoms with Gasteiger partial charge in [0.05, 0.1) is 28.6 Å². The molecule has 2 heterocycles. The average molecular weight is 307 g/mol. The van der Waals surface area contributed by atoms with Crippen LogP contribution >= 0.6 is 11.3 Å². The fourth-order valence-electron chi connectivity index (χ4n) is 2.41. The molecule has 1 aromatic heterocycles. The number of nitrogens with zero attached hydrogens (tertiary/aromatic N) is 1. The van der Waals surface area contributed by atoms with Crippen molar-refractivity contribution in [1.29, 1.82) is 0 Å². The van der Waals surface area contributed by atoms with Gasteiger partial charge < -0.3 is 14.7 Å². The summed E-state index contributed by atoms with van der Waals surface area (Å²) in [6, 6.07) is 1.90. The van der Waals surface area contributed by atoms with Gasteiger partial charge in [0.15, 0.2) is 0 Å². The maximum absolute atomic E-state index is 12.6. The van der Waals surface area contributed by atoms with Gasteiger partial charge in [0.2, 0.25) is 0 Å². The molecule has 0 aromatic carbocycles. The van der Waals surface area contributed by atoms with E-state index in [9.17, 15) is 4.79 Å². The Bertz CT molecular complexity index is 560. The van der Waals surface area contributed by atoms with Gasteiger partial charge in [-0.3, -0.25) is 4.79 Å². The lowest BCUT2D eigenvalue weighted by molar-refractivity contribution is -0.0585. The van der Waals surface area contributed by atoms with Crippen LogP contribution in [0.4, 0.5) is 0 Å². The summed E-state index contributed by atoms with van der Waals surface area (Å²) in [4.78, 5) is 16.1. The molecule has 0 aliphatic carbocycles. The summed E-state index contributed by atoms with van der Waals surface area (Å²) in [7, 11) is 0. The van der Waals surface area contributed by atoms with Crippen LogP contribution in [0.3, 0.4) is 0 Å². The van der Waals surface area contributed by atoms with E-state index in [1.807, 2.05) is 31.7 Å². The van der Waals surface area contributed by atoms with Crippen molar-refractivity contribution >= 4 is 17.2 Å². The Hall–Kier alpha value is -1.35. The molecule has 0 spiro atoms. The number of rotatable bonds is 2. The van der Waals surface area contributed by atoms with E-state index in [4.69, 9.17) is 9.84 Å². The topological polar surface area (TPSA) is 49.8 Å². The smallest absolute Gasteiger partial charge is 0.264 e. The summed E-state index contributed by atoms with van der Waals surface area (Å²) >= 11 is 1.43. The van der Waals surface area contributed by atoms with E-state index in [2.05, 4.69) is 11.8 Å². The molecule has 1 aliphatic heterocycles. The quantitative estimate of drug-likeness (QED) is 0.851.